The Hall–Kier alpha value is -0.573. The minimum atomic E-state index is -1.10. The molecule has 3 heteroatoms. The first-order valence-electron chi connectivity index (χ1n) is 5.76. The summed E-state index contributed by atoms with van der Waals surface area (Å²) in [4.78, 5) is 10.3. The molecular formula is C12H24O2Si. The van der Waals surface area contributed by atoms with Gasteiger partial charge in [0.25, 0.3) is 6.47 Å². The molecule has 0 saturated carbocycles. The fourth-order valence-electron chi connectivity index (χ4n) is 1.33. The lowest BCUT2D eigenvalue weighted by molar-refractivity contribution is -0.133. The first kappa shape index (κ1) is 14.4. The van der Waals surface area contributed by atoms with E-state index < -0.39 is 8.07 Å². The summed E-state index contributed by atoms with van der Waals surface area (Å²) in [5.41, 5.74) is 2.31. The maximum absolute atomic E-state index is 10.3. The van der Waals surface area contributed by atoms with Gasteiger partial charge in [0.15, 0.2) is 0 Å². The first-order valence-corrected chi connectivity index (χ1v) is 9.34. The van der Waals surface area contributed by atoms with Gasteiger partial charge < -0.3 is 4.74 Å². The zero-order valence-electron chi connectivity index (χ0n) is 10.5. The summed E-state index contributed by atoms with van der Waals surface area (Å²) in [6, 6.07) is 0. The summed E-state index contributed by atoms with van der Waals surface area (Å²) in [6.07, 6.45) is 6.37. The predicted molar refractivity (Wildman–Crippen MR) is 67.6 cm³/mol. The van der Waals surface area contributed by atoms with E-state index in [9.17, 15) is 4.79 Å². The molecule has 0 aromatic rings. The second kappa shape index (κ2) is 7.68. The average Bonchev–Trinajstić information content (AvgIpc) is 2.12. The Morgan fingerprint density at radius 3 is 2.47 bits per heavy atom. The van der Waals surface area contributed by atoms with Crippen LogP contribution in [-0.2, 0) is 9.53 Å². The van der Waals surface area contributed by atoms with Crippen molar-refractivity contribution in [2.45, 2.75) is 58.4 Å². The third-order valence-electron chi connectivity index (χ3n) is 2.14. The van der Waals surface area contributed by atoms with E-state index in [-0.39, 0.29) is 6.10 Å². The highest BCUT2D eigenvalue weighted by atomic mass is 28.3. The topological polar surface area (TPSA) is 26.3 Å². The van der Waals surface area contributed by atoms with Crippen LogP contribution in [0, 0.1) is 0 Å². The van der Waals surface area contributed by atoms with Crippen LogP contribution in [0.1, 0.15) is 32.6 Å². The summed E-state index contributed by atoms with van der Waals surface area (Å²) in [5, 5.41) is 0. The van der Waals surface area contributed by atoms with E-state index in [0.717, 1.165) is 25.7 Å². The number of hydrogen-bond donors (Lipinski definition) is 0. The average molecular weight is 228 g/mol. The minimum Gasteiger partial charge on any atom is -0.464 e. The van der Waals surface area contributed by atoms with Gasteiger partial charge in [0.05, 0.1) is 8.07 Å². The third kappa shape index (κ3) is 9.72. The first-order chi connectivity index (χ1) is 6.99. The molecular weight excluding hydrogens is 204 g/mol. The lowest BCUT2D eigenvalue weighted by Gasteiger charge is -2.13. The highest BCUT2D eigenvalue weighted by Gasteiger charge is 2.09. The highest BCUT2D eigenvalue weighted by molar-refractivity contribution is 6.80. The van der Waals surface area contributed by atoms with Crippen LogP contribution in [-0.4, -0.2) is 20.7 Å². The van der Waals surface area contributed by atoms with Gasteiger partial charge in [-0.05, 0) is 6.42 Å². The van der Waals surface area contributed by atoms with Crippen molar-refractivity contribution in [1.82, 2.24) is 0 Å². The maximum Gasteiger partial charge on any atom is 0.293 e. The summed E-state index contributed by atoms with van der Waals surface area (Å²) in [7, 11) is -1.10. The van der Waals surface area contributed by atoms with Crippen LogP contribution in [0.15, 0.2) is 11.8 Å². The molecule has 88 valence electrons. The van der Waals surface area contributed by atoms with Crippen molar-refractivity contribution in [2.75, 3.05) is 0 Å². The monoisotopic (exact) mass is 228 g/mol. The molecule has 0 amide bonds. The van der Waals surface area contributed by atoms with Gasteiger partial charge in [0.2, 0.25) is 0 Å². The fraction of sp³-hybridized carbons (Fsp3) is 0.750. The molecule has 1 atom stereocenters. The molecule has 0 spiro atoms. The van der Waals surface area contributed by atoms with Crippen molar-refractivity contribution in [3.05, 3.63) is 11.8 Å². The second-order valence-corrected chi connectivity index (χ2v) is 10.1. The molecule has 0 radical (unpaired) electrons. The van der Waals surface area contributed by atoms with E-state index >= 15 is 0 Å². The van der Waals surface area contributed by atoms with Crippen molar-refractivity contribution in [3.63, 3.8) is 0 Å². The molecule has 0 aliphatic carbocycles. The van der Waals surface area contributed by atoms with E-state index in [1.807, 2.05) is 0 Å². The van der Waals surface area contributed by atoms with Gasteiger partial charge in [0, 0.05) is 6.42 Å². The van der Waals surface area contributed by atoms with E-state index in [1.54, 1.807) is 0 Å². The lowest BCUT2D eigenvalue weighted by atomic mass is 10.1. The Balaban J connectivity index is 3.94. The van der Waals surface area contributed by atoms with Crippen molar-refractivity contribution in [1.29, 1.82) is 0 Å². The molecule has 0 fully saturated rings. The Kier molecular flexibility index (Phi) is 7.39. The van der Waals surface area contributed by atoms with E-state index in [2.05, 4.69) is 38.3 Å². The molecule has 0 bridgehead atoms. The standard InChI is InChI=1S/C12H24O2Si/c1-5-6-8-12(14-11-13)9-7-10-15(2,3)4/h7,10-12H,5-6,8-9H2,1-4H3/b10-7+/t12-/m1/s1. The normalized spacial score (nSPS) is 14.1. The number of unbranched alkanes of at least 4 members (excludes halogenated alkanes) is 1. The zero-order chi connectivity index (χ0) is 11.7. The molecule has 0 aliphatic rings. The third-order valence-corrected chi connectivity index (χ3v) is 3.38. The SMILES string of the molecule is CCCC[C@H](C/C=C/[Si](C)(C)C)OC=O. The van der Waals surface area contributed by atoms with Crippen LogP contribution in [0.2, 0.25) is 19.6 Å². The lowest BCUT2D eigenvalue weighted by Crippen LogP contribution is -2.16. The van der Waals surface area contributed by atoms with E-state index in [4.69, 9.17) is 4.74 Å². The number of hydrogen-bond acceptors (Lipinski definition) is 2. The van der Waals surface area contributed by atoms with Gasteiger partial charge in [-0.15, -0.1) is 0 Å². The van der Waals surface area contributed by atoms with Crippen LogP contribution in [0.5, 0.6) is 0 Å². The number of carbonyl (C=O) groups excluding carboxylic acids is 1. The van der Waals surface area contributed by atoms with Crippen LogP contribution >= 0.6 is 0 Å². The number of carbonyl (C=O) groups is 1. The highest BCUT2D eigenvalue weighted by Crippen LogP contribution is 2.10. The summed E-state index contributed by atoms with van der Waals surface area (Å²) < 4.78 is 5.04. The molecule has 0 saturated heterocycles. The largest absolute Gasteiger partial charge is 0.464 e. The van der Waals surface area contributed by atoms with Crippen molar-refractivity contribution in [3.8, 4) is 0 Å². The molecule has 0 aliphatic heterocycles. The molecule has 0 unspecified atom stereocenters. The Bertz CT molecular complexity index is 194. The summed E-state index contributed by atoms with van der Waals surface area (Å²) in [5.74, 6) is 0. The molecule has 2 nitrogen and oxygen atoms in total. The van der Waals surface area contributed by atoms with Crippen LogP contribution in [0.3, 0.4) is 0 Å². The van der Waals surface area contributed by atoms with Crippen molar-refractivity contribution < 1.29 is 9.53 Å². The number of rotatable bonds is 8. The second-order valence-electron chi connectivity index (χ2n) is 5.00. The maximum atomic E-state index is 10.3. The van der Waals surface area contributed by atoms with Gasteiger partial charge in [0.1, 0.15) is 6.10 Å². The molecule has 0 aromatic heterocycles. The van der Waals surface area contributed by atoms with Gasteiger partial charge in [-0.3, -0.25) is 4.79 Å². The molecule has 15 heavy (non-hydrogen) atoms. The zero-order valence-corrected chi connectivity index (χ0v) is 11.5. The van der Waals surface area contributed by atoms with Crippen molar-refractivity contribution in [2.24, 2.45) is 0 Å². The summed E-state index contributed by atoms with van der Waals surface area (Å²) >= 11 is 0. The van der Waals surface area contributed by atoms with Gasteiger partial charge in [-0.25, -0.2) is 0 Å². The van der Waals surface area contributed by atoms with Crippen LogP contribution in [0.25, 0.3) is 0 Å². The van der Waals surface area contributed by atoms with E-state index in [1.165, 1.54) is 0 Å². The fourth-order valence-corrected chi connectivity index (χ4v) is 2.17. The molecule has 0 rings (SSSR count). The smallest absolute Gasteiger partial charge is 0.293 e. The van der Waals surface area contributed by atoms with Crippen LogP contribution in [0.4, 0.5) is 0 Å². The van der Waals surface area contributed by atoms with Crippen molar-refractivity contribution >= 4 is 14.5 Å². The minimum absolute atomic E-state index is 0.0787. The summed E-state index contributed by atoms with van der Waals surface area (Å²) in [6.45, 7) is 9.61. The van der Waals surface area contributed by atoms with Gasteiger partial charge in [-0.2, -0.15) is 0 Å². The van der Waals surface area contributed by atoms with Crippen LogP contribution < -0.4 is 0 Å². The molecule has 0 N–H and O–H groups in total. The Morgan fingerprint density at radius 2 is 2.00 bits per heavy atom. The van der Waals surface area contributed by atoms with E-state index in [0.29, 0.717) is 6.47 Å². The predicted octanol–water partition coefficient (Wildman–Crippen LogP) is 3.54. The Labute approximate surface area is 94.7 Å². The Morgan fingerprint density at radius 1 is 1.33 bits per heavy atom. The number of ether oxygens (including phenoxy) is 1. The molecule has 0 aromatic carbocycles. The quantitative estimate of drug-likeness (QED) is 0.469. The van der Waals surface area contributed by atoms with Gasteiger partial charge in [-0.1, -0.05) is 51.2 Å². The molecule has 0 heterocycles. The van der Waals surface area contributed by atoms with Gasteiger partial charge >= 0.3 is 0 Å².